The zero-order chi connectivity index (χ0) is 19.3. The minimum Gasteiger partial charge on any atom is -0.488 e. The van der Waals surface area contributed by atoms with Gasteiger partial charge in [-0.05, 0) is 48.0 Å². The molecule has 1 heterocycles. The molecule has 0 unspecified atom stereocenters. The maximum atomic E-state index is 6.14. The number of hydrogen-bond donors (Lipinski definition) is 1. The Bertz CT molecular complexity index is 1110. The Kier molecular flexibility index (Phi) is 5.76. The topological polar surface area (TPSA) is 46.5 Å². The summed E-state index contributed by atoms with van der Waals surface area (Å²) in [6.45, 7) is 0.397. The second-order valence-corrected chi connectivity index (χ2v) is 7.86. The van der Waals surface area contributed by atoms with Crippen LogP contribution in [0.5, 0.6) is 5.75 Å². The summed E-state index contributed by atoms with van der Waals surface area (Å²) in [5.41, 5.74) is 5.67. The Labute approximate surface area is 176 Å². The van der Waals surface area contributed by atoms with Crippen molar-refractivity contribution in [2.24, 2.45) is 5.10 Å². The second-order valence-electron chi connectivity index (χ2n) is 5.96. The molecule has 0 aliphatic heterocycles. The molecule has 0 radical (unpaired) electrons. The van der Waals surface area contributed by atoms with E-state index < -0.39 is 0 Å². The van der Waals surface area contributed by atoms with Crippen LogP contribution in [0.1, 0.15) is 11.1 Å². The summed E-state index contributed by atoms with van der Waals surface area (Å²) in [6.07, 6.45) is 1.67. The third kappa shape index (κ3) is 4.62. The Morgan fingerprint density at radius 2 is 1.86 bits per heavy atom. The number of hydrogen-bond acceptors (Lipinski definition) is 5. The highest BCUT2D eigenvalue weighted by molar-refractivity contribution is 7.22. The van der Waals surface area contributed by atoms with E-state index in [-0.39, 0.29) is 0 Å². The lowest BCUT2D eigenvalue weighted by Crippen LogP contribution is -1.99. The van der Waals surface area contributed by atoms with Gasteiger partial charge in [0.15, 0.2) is 0 Å². The van der Waals surface area contributed by atoms with E-state index in [2.05, 4.69) is 15.5 Å². The average Bonchev–Trinajstić information content (AvgIpc) is 3.10. The van der Waals surface area contributed by atoms with Gasteiger partial charge in [-0.1, -0.05) is 58.8 Å². The van der Waals surface area contributed by atoms with Gasteiger partial charge in [-0.15, -0.1) is 0 Å². The van der Waals surface area contributed by atoms with E-state index in [0.717, 1.165) is 26.5 Å². The van der Waals surface area contributed by atoms with E-state index in [0.29, 0.717) is 22.4 Å². The number of aromatic nitrogens is 1. The van der Waals surface area contributed by atoms with Gasteiger partial charge in [0.05, 0.1) is 16.4 Å². The molecule has 4 nitrogen and oxygen atoms in total. The van der Waals surface area contributed by atoms with Crippen LogP contribution < -0.4 is 10.2 Å². The van der Waals surface area contributed by atoms with Crippen LogP contribution in [0, 0.1) is 0 Å². The van der Waals surface area contributed by atoms with Crippen LogP contribution in [0.25, 0.3) is 10.2 Å². The Morgan fingerprint density at radius 3 is 2.71 bits per heavy atom. The zero-order valence-electron chi connectivity index (χ0n) is 14.6. The third-order valence-electron chi connectivity index (χ3n) is 3.91. The number of hydrazone groups is 1. The molecule has 0 saturated heterocycles. The van der Waals surface area contributed by atoms with Crippen LogP contribution in [0.2, 0.25) is 10.0 Å². The lowest BCUT2D eigenvalue weighted by Gasteiger charge is -2.10. The van der Waals surface area contributed by atoms with Gasteiger partial charge < -0.3 is 4.74 Å². The van der Waals surface area contributed by atoms with E-state index in [4.69, 9.17) is 27.9 Å². The standard InChI is InChI=1S/C21H15Cl2N3OS/c22-16-5-3-4-14(10-16)13-27-19-9-8-17(23)11-15(19)12-24-26-21-25-18-6-1-2-7-20(18)28-21/h1-12H,13H2,(H,25,26)/b24-12-. The van der Waals surface area contributed by atoms with Gasteiger partial charge in [0, 0.05) is 15.6 Å². The summed E-state index contributed by atoms with van der Waals surface area (Å²) in [5.74, 6) is 0.680. The van der Waals surface area contributed by atoms with Crippen molar-refractivity contribution in [3.8, 4) is 5.75 Å². The maximum Gasteiger partial charge on any atom is 0.204 e. The maximum absolute atomic E-state index is 6.14. The molecule has 0 spiro atoms. The van der Waals surface area contributed by atoms with Crippen LogP contribution in [0.3, 0.4) is 0 Å². The molecular formula is C21H15Cl2N3OS. The van der Waals surface area contributed by atoms with Crippen molar-refractivity contribution >= 4 is 56.1 Å². The quantitative estimate of drug-likeness (QED) is 0.277. The van der Waals surface area contributed by atoms with Gasteiger partial charge in [0.2, 0.25) is 5.13 Å². The first-order valence-corrected chi connectivity index (χ1v) is 10.1. The molecule has 4 aromatic rings. The zero-order valence-corrected chi connectivity index (χ0v) is 16.9. The van der Waals surface area contributed by atoms with E-state index in [9.17, 15) is 0 Å². The Morgan fingerprint density at radius 1 is 1.00 bits per heavy atom. The summed E-state index contributed by atoms with van der Waals surface area (Å²) >= 11 is 13.7. The number of ether oxygens (including phenoxy) is 1. The van der Waals surface area contributed by atoms with Crippen molar-refractivity contribution in [2.45, 2.75) is 6.61 Å². The number of nitrogens with zero attached hydrogens (tertiary/aromatic N) is 2. The fourth-order valence-corrected chi connectivity index (χ4v) is 3.83. The van der Waals surface area contributed by atoms with Gasteiger partial charge >= 0.3 is 0 Å². The summed E-state index contributed by atoms with van der Waals surface area (Å²) < 4.78 is 7.04. The van der Waals surface area contributed by atoms with Gasteiger partial charge in [0.1, 0.15) is 12.4 Å². The van der Waals surface area contributed by atoms with Crippen molar-refractivity contribution in [3.63, 3.8) is 0 Å². The molecule has 1 aromatic heterocycles. The molecule has 0 atom stereocenters. The first kappa shape index (κ1) is 18.7. The molecule has 140 valence electrons. The highest BCUT2D eigenvalue weighted by atomic mass is 35.5. The molecule has 3 aromatic carbocycles. The first-order valence-electron chi connectivity index (χ1n) is 8.49. The van der Waals surface area contributed by atoms with E-state index in [1.54, 1.807) is 29.7 Å². The van der Waals surface area contributed by atoms with Gasteiger partial charge in [-0.3, -0.25) is 5.43 Å². The van der Waals surface area contributed by atoms with Crippen molar-refractivity contribution < 1.29 is 4.74 Å². The lowest BCUT2D eigenvalue weighted by molar-refractivity contribution is 0.306. The summed E-state index contributed by atoms with van der Waals surface area (Å²) in [6, 6.07) is 20.9. The monoisotopic (exact) mass is 427 g/mol. The largest absolute Gasteiger partial charge is 0.488 e. The highest BCUT2D eigenvalue weighted by Gasteiger charge is 2.05. The predicted molar refractivity (Wildman–Crippen MR) is 118 cm³/mol. The number of nitrogens with one attached hydrogen (secondary N) is 1. The molecular weight excluding hydrogens is 413 g/mol. The minimum atomic E-state index is 0.397. The smallest absolute Gasteiger partial charge is 0.204 e. The van der Waals surface area contributed by atoms with Crippen LogP contribution in [0.4, 0.5) is 5.13 Å². The predicted octanol–water partition coefficient (Wildman–Crippen LogP) is 6.63. The number of fused-ring (bicyclic) bond motifs is 1. The summed E-state index contributed by atoms with van der Waals surface area (Å²) in [4.78, 5) is 4.49. The first-order chi connectivity index (χ1) is 13.7. The van der Waals surface area contributed by atoms with Crippen molar-refractivity contribution in [2.75, 3.05) is 5.43 Å². The van der Waals surface area contributed by atoms with E-state index >= 15 is 0 Å². The molecule has 4 rings (SSSR count). The van der Waals surface area contributed by atoms with Gasteiger partial charge in [-0.2, -0.15) is 5.10 Å². The molecule has 0 saturated carbocycles. The SMILES string of the molecule is Clc1cccc(COc2ccc(Cl)cc2/C=N\Nc2nc3ccccc3s2)c1. The Balaban J connectivity index is 1.48. The second kappa shape index (κ2) is 8.61. The van der Waals surface area contributed by atoms with Crippen LogP contribution in [0.15, 0.2) is 71.8 Å². The normalized spacial score (nSPS) is 11.2. The molecule has 0 amide bonds. The Hall–Kier alpha value is -2.60. The molecule has 1 N–H and O–H groups in total. The molecule has 0 aliphatic carbocycles. The molecule has 0 fully saturated rings. The number of halogens is 2. The third-order valence-corrected chi connectivity index (χ3v) is 5.32. The average molecular weight is 428 g/mol. The lowest BCUT2D eigenvalue weighted by atomic mass is 10.2. The summed E-state index contributed by atoms with van der Waals surface area (Å²) in [7, 11) is 0. The van der Waals surface area contributed by atoms with E-state index in [1.807, 2.05) is 54.6 Å². The molecule has 0 bridgehead atoms. The van der Waals surface area contributed by atoms with E-state index in [1.165, 1.54) is 0 Å². The van der Waals surface area contributed by atoms with Crippen LogP contribution in [-0.2, 0) is 6.61 Å². The van der Waals surface area contributed by atoms with Gasteiger partial charge in [-0.25, -0.2) is 4.98 Å². The highest BCUT2D eigenvalue weighted by Crippen LogP contribution is 2.26. The fraction of sp³-hybridized carbons (Fsp3) is 0.0476. The number of benzene rings is 3. The molecule has 28 heavy (non-hydrogen) atoms. The van der Waals surface area contributed by atoms with Gasteiger partial charge in [0.25, 0.3) is 0 Å². The van der Waals surface area contributed by atoms with Crippen LogP contribution in [-0.4, -0.2) is 11.2 Å². The number of para-hydroxylation sites is 1. The van der Waals surface area contributed by atoms with Crippen molar-refractivity contribution in [3.05, 3.63) is 87.9 Å². The number of thiazole rings is 1. The van der Waals surface area contributed by atoms with Crippen molar-refractivity contribution in [1.82, 2.24) is 4.98 Å². The fourth-order valence-electron chi connectivity index (χ4n) is 2.62. The summed E-state index contributed by atoms with van der Waals surface area (Å²) in [5, 5.41) is 6.30. The number of rotatable bonds is 6. The molecule has 0 aliphatic rings. The molecule has 7 heteroatoms. The number of anilines is 1. The minimum absolute atomic E-state index is 0.397. The van der Waals surface area contributed by atoms with Crippen LogP contribution >= 0.6 is 34.5 Å². The van der Waals surface area contributed by atoms with Crippen molar-refractivity contribution in [1.29, 1.82) is 0 Å².